The zero-order chi connectivity index (χ0) is 14.9. The van der Waals surface area contributed by atoms with Gasteiger partial charge in [0.1, 0.15) is 11.6 Å². The van der Waals surface area contributed by atoms with Gasteiger partial charge in [-0.2, -0.15) is 0 Å². The molecule has 1 aromatic carbocycles. The second-order valence-corrected chi connectivity index (χ2v) is 6.97. The van der Waals surface area contributed by atoms with Crippen LogP contribution in [0.25, 0.3) is 11.0 Å². The van der Waals surface area contributed by atoms with Crippen molar-refractivity contribution in [2.45, 2.75) is 25.3 Å². The summed E-state index contributed by atoms with van der Waals surface area (Å²) in [5.74, 6) is 0.599. The van der Waals surface area contributed by atoms with E-state index in [-0.39, 0.29) is 11.2 Å². The average molecular weight is 410 g/mol. The Morgan fingerprint density at radius 1 is 1.45 bits per heavy atom. The van der Waals surface area contributed by atoms with Gasteiger partial charge < -0.3 is 9.47 Å². The minimum Gasteiger partial charge on any atom is -0.327 e. The number of imidazole rings is 1. The van der Waals surface area contributed by atoms with Crippen LogP contribution in [0.1, 0.15) is 24.5 Å². The monoisotopic (exact) mass is 409 g/mol. The lowest BCUT2D eigenvalue weighted by atomic mass is 10.3. The first-order chi connectivity index (χ1) is 9.40. The number of aromatic nitrogens is 2. The van der Waals surface area contributed by atoms with Gasteiger partial charge in [0, 0.05) is 12.6 Å². The summed E-state index contributed by atoms with van der Waals surface area (Å²) in [6.07, 6.45) is 0.975. The van der Waals surface area contributed by atoms with E-state index in [9.17, 15) is 4.39 Å². The standard InChI is InChI=1S/C14H18ClFIN3/c1-9(15)14-18-12-8-11(17)10(16)7-13(12)20(14)6-4-5-19(2)3/h7-9H,4-6H2,1-3H3. The van der Waals surface area contributed by atoms with Crippen molar-refractivity contribution in [2.24, 2.45) is 0 Å². The van der Waals surface area contributed by atoms with Crippen molar-refractivity contribution in [3.8, 4) is 0 Å². The molecule has 110 valence electrons. The molecule has 0 radical (unpaired) electrons. The van der Waals surface area contributed by atoms with Crippen LogP contribution in [0.3, 0.4) is 0 Å². The summed E-state index contributed by atoms with van der Waals surface area (Å²) in [6.45, 7) is 3.66. The van der Waals surface area contributed by atoms with Gasteiger partial charge in [-0.15, -0.1) is 11.6 Å². The molecule has 0 saturated heterocycles. The van der Waals surface area contributed by atoms with Crippen molar-refractivity contribution in [3.05, 3.63) is 27.3 Å². The van der Waals surface area contributed by atoms with Gasteiger partial charge in [-0.05, 0) is 62.6 Å². The lowest BCUT2D eigenvalue weighted by Crippen LogP contribution is -2.16. The molecule has 0 aliphatic carbocycles. The third-order valence-corrected chi connectivity index (χ3v) is 4.18. The Morgan fingerprint density at radius 3 is 2.75 bits per heavy atom. The van der Waals surface area contributed by atoms with E-state index in [2.05, 4.69) is 9.88 Å². The van der Waals surface area contributed by atoms with E-state index in [4.69, 9.17) is 11.6 Å². The number of benzene rings is 1. The van der Waals surface area contributed by atoms with Gasteiger partial charge in [0.25, 0.3) is 0 Å². The largest absolute Gasteiger partial charge is 0.327 e. The Hall–Kier alpha value is -0.400. The van der Waals surface area contributed by atoms with Crippen LogP contribution in [0.5, 0.6) is 0 Å². The third-order valence-electron chi connectivity index (χ3n) is 3.16. The number of nitrogens with zero attached hydrogens (tertiary/aromatic N) is 3. The van der Waals surface area contributed by atoms with E-state index in [1.54, 1.807) is 12.1 Å². The fourth-order valence-electron chi connectivity index (χ4n) is 2.22. The van der Waals surface area contributed by atoms with Gasteiger partial charge in [0.2, 0.25) is 0 Å². The van der Waals surface area contributed by atoms with Crippen LogP contribution in [-0.4, -0.2) is 35.1 Å². The lowest BCUT2D eigenvalue weighted by Gasteiger charge is -2.13. The summed E-state index contributed by atoms with van der Waals surface area (Å²) in [4.78, 5) is 6.69. The Balaban J connectivity index is 2.42. The number of halogens is 3. The number of fused-ring (bicyclic) bond motifs is 1. The Bertz CT molecular complexity index is 610. The third kappa shape index (κ3) is 3.43. The quantitative estimate of drug-likeness (QED) is 0.549. The van der Waals surface area contributed by atoms with E-state index in [0.29, 0.717) is 3.57 Å². The lowest BCUT2D eigenvalue weighted by molar-refractivity contribution is 0.386. The van der Waals surface area contributed by atoms with E-state index < -0.39 is 0 Å². The maximum atomic E-state index is 13.8. The molecule has 0 aliphatic rings. The zero-order valence-corrected chi connectivity index (χ0v) is 14.7. The fourth-order valence-corrected chi connectivity index (χ4v) is 2.84. The molecule has 1 atom stereocenters. The molecule has 0 aliphatic heterocycles. The molecule has 6 heteroatoms. The van der Waals surface area contributed by atoms with Crippen molar-refractivity contribution >= 4 is 45.2 Å². The van der Waals surface area contributed by atoms with Gasteiger partial charge in [-0.1, -0.05) is 0 Å². The second kappa shape index (κ2) is 6.58. The SMILES string of the molecule is CC(Cl)c1nc2cc(I)c(F)cc2n1CCCN(C)C. The summed E-state index contributed by atoms with van der Waals surface area (Å²) >= 11 is 8.20. The molecule has 1 unspecified atom stereocenters. The summed E-state index contributed by atoms with van der Waals surface area (Å²) in [7, 11) is 4.08. The van der Waals surface area contributed by atoms with Crippen molar-refractivity contribution in [3.63, 3.8) is 0 Å². The van der Waals surface area contributed by atoms with Gasteiger partial charge in [0.15, 0.2) is 0 Å². The predicted octanol–water partition coefficient (Wildman–Crippen LogP) is 4.03. The van der Waals surface area contributed by atoms with Gasteiger partial charge in [-0.3, -0.25) is 0 Å². The van der Waals surface area contributed by atoms with Crippen LogP contribution in [0, 0.1) is 9.39 Å². The molecule has 0 saturated carbocycles. The fraction of sp³-hybridized carbons (Fsp3) is 0.500. The number of alkyl halides is 1. The molecule has 2 aromatic rings. The molecule has 20 heavy (non-hydrogen) atoms. The van der Waals surface area contributed by atoms with E-state index in [0.717, 1.165) is 36.4 Å². The summed E-state index contributed by atoms with van der Waals surface area (Å²) < 4.78 is 16.4. The predicted molar refractivity (Wildman–Crippen MR) is 89.8 cm³/mol. The molecule has 0 fully saturated rings. The highest BCUT2D eigenvalue weighted by atomic mass is 127. The molecule has 0 amide bonds. The smallest absolute Gasteiger partial charge is 0.138 e. The van der Waals surface area contributed by atoms with E-state index >= 15 is 0 Å². The first-order valence-corrected chi connectivity index (χ1v) is 8.05. The molecule has 3 nitrogen and oxygen atoms in total. The Labute approximate surface area is 137 Å². The van der Waals surface area contributed by atoms with Crippen molar-refractivity contribution in [1.82, 2.24) is 14.5 Å². The Kier molecular flexibility index (Phi) is 5.25. The van der Waals surface area contributed by atoms with Gasteiger partial charge >= 0.3 is 0 Å². The van der Waals surface area contributed by atoms with Crippen LogP contribution in [0.2, 0.25) is 0 Å². The minimum absolute atomic E-state index is 0.192. The first kappa shape index (κ1) is 16.0. The van der Waals surface area contributed by atoms with E-state index in [1.807, 2.05) is 48.2 Å². The maximum absolute atomic E-state index is 13.8. The Morgan fingerprint density at radius 2 is 2.15 bits per heavy atom. The topological polar surface area (TPSA) is 21.1 Å². The highest BCUT2D eigenvalue weighted by molar-refractivity contribution is 14.1. The summed E-state index contributed by atoms with van der Waals surface area (Å²) in [5.41, 5.74) is 1.63. The highest BCUT2D eigenvalue weighted by Gasteiger charge is 2.16. The maximum Gasteiger partial charge on any atom is 0.138 e. The minimum atomic E-state index is -0.208. The van der Waals surface area contributed by atoms with Crippen LogP contribution in [0.15, 0.2) is 12.1 Å². The molecular formula is C14H18ClFIN3. The number of aryl methyl sites for hydroxylation is 1. The second-order valence-electron chi connectivity index (χ2n) is 5.15. The van der Waals surface area contributed by atoms with Crippen LogP contribution in [-0.2, 0) is 6.54 Å². The number of hydrogen-bond donors (Lipinski definition) is 0. The van der Waals surface area contributed by atoms with Crippen molar-refractivity contribution in [1.29, 1.82) is 0 Å². The summed E-state index contributed by atoms with van der Waals surface area (Å²) in [6, 6.07) is 3.33. The molecular weight excluding hydrogens is 392 g/mol. The van der Waals surface area contributed by atoms with E-state index in [1.165, 1.54) is 0 Å². The molecule has 0 bridgehead atoms. The number of rotatable bonds is 5. The van der Waals surface area contributed by atoms with Gasteiger partial charge in [-0.25, -0.2) is 9.37 Å². The normalized spacial score (nSPS) is 13.3. The summed E-state index contributed by atoms with van der Waals surface area (Å²) in [5, 5.41) is -0.192. The average Bonchev–Trinajstić information content (AvgIpc) is 2.68. The molecule has 0 N–H and O–H groups in total. The highest BCUT2D eigenvalue weighted by Crippen LogP contribution is 2.27. The zero-order valence-electron chi connectivity index (χ0n) is 11.8. The van der Waals surface area contributed by atoms with Crippen LogP contribution < -0.4 is 0 Å². The van der Waals surface area contributed by atoms with Crippen molar-refractivity contribution < 1.29 is 4.39 Å². The van der Waals surface area contributed by atoms with Crippen LogP contribution in [0.4, 0.5) is 4.39 Å². The molecule has 1 heterocycles. The molecule has 0 spiro atoms. The first-order valence-electron chi connectivity index (χ1n) is 6.54. The molecule has 1 aromatic heterocycles. The number of hydrogen-bond acceptors (Lipinski definition) is 2. The van der Waals surface area contributed by atoms with Crippen LogP contribution >= 0.6 is 34.2 Å². The van der Waals surface area contributed by atoms with Gasteiger partial charge in [0.05, 0.1) is 20.0 Å². The van der Waals surface area contributed by atoms with Crippen molar-refractivity contribution in [2.75, 3.05) is 20.6 Å². The molecule has 2 rings (SSSR count).